The summed E-state index contributed by atoms with van der Waals surface area (Å²) in [6, 6.07) is 0. The fourth-order valence-electron chi connectivity index (χ4n) is 1.89. The molecule has 0 bridgehead atoms. The summed E-state index contributed by atoms with van der Waals surface area (Å²) in [5, 5.41) is 0. The molecule has 0 saturated carbocycles. The standard InChI is InChI=1S/C12H21NO2/c1-10(2)6-8-13-7-4-5-11(9-13)12(14)15-3/h6,11H,4-5,7-9H2,1-3H3/t11-/m0/s1. The number of carbonyl (C=O) groups is 1. The number of piperidine rings is 1. The Labute approximate surface area is 92.1 Å². The Morgan fingerprint density at radius 1 is 1.53 bits per heavy atom. The fraction of sp³-hybridized carbons (Fsp3) is 0.750. The molecule has 0 N–H and O–H groups in total. The van der Waals surface area contributed by atoms with Crippen LogP contribution in [-0.4, -0.2) is 37.6 Å². The highest BCUT2D eigenvalue weighted by molar-refractivity contribution is 5.72. The lowest BCUT2D eigenvalue weighted by molar-refractivity contribution is -0.147. The van der Waals surface area contributed by atoms with Crippen LogP contribution in [0.15, 0.2) is 11.6 Å². The van der Waals surface area contributed by atoms with Crippen LogP contribution >= 0.6 is 0 Å². The van der Waals surface area contributed by atoms with E-state index in [1.54, 1.807) is 0 Å². The van der Waals surface area contributed by atoms with Gasteiger partial charge in [0.1, 0.15) is 0 Å². The van der Waals surface area contributed by atoms with Crippen LogP contribution in [0.25, 0.3) is 0 Å². The molecular formula is C12H21NO2. The van der Waals surface area contributed by atoms with Crippen LogP contribution in [0.3, 0.4) is 0 Å². The normalized spacial score (nSPS) is 22.2. The first kappa shape index (κ1) is 12.2. The van der Waals surface area contributed by atoms with Gasteiger partial charge in [-0.15, -0.1) is 0 Å². The number of nitrogens with zero attached hydrogens (tertiary/aromatic N) is 1. The molecule has 1 fully saturated rings. The Bertz CT molecular complexity index is 244. The number of allylic oxidation sites excluding steroid dienone is 1. The molecule has 0 aromatic carbocycles. The van der Waals surface area contributed by atoms with E-state index >= 15 is 0 Å². The summed E-state index contributed by atoms with van der Waals surface area (Å²) in [4.78, 5) is 13.7. The van der Waals surface area contributed by atoms with Gasteiger partial charge in [-0.1, -0.05) is 11.6 Å². The monoisotopic (exact) mass is 211 g/mol. The fourth-order valence-corrected chi connectivity index (χ4v) is 1.89. The summed E-state index contributed by atoms with van der Waals surface area (Å²) < 4.78 is 4.78. The first-order valence-corrected chi connectivity index (χ1v) is 5.57. The third-order valence-electron chi connectivity index (χ3n) is 2.80. The predicted octanol–water partition coefficient (Wildman–Crippen LogP) is 1.84. The molecule has 1 atom stereocenters. The summed E-state index contributed by atoms with van der Waals surface area (Å²) >= 11 is 0. The third kappa shape index (κ3) is 4.04. The van der Waals surface area contributed by atoms with E-state index in [1.807, 2.05) is 0 Å². The predicted molar refractivity (Wildman–Crippen MR) is 60.6 cm³/mol. The van der Waals surface area contributed by atoms with Crippen LogP contribution in [0.5, 0.6) is 0 Å². The Kier molecular flexibility index (Phi) is 4.82. The van der Waals surface area contributed by atoms with Crippen molar-refractivity contribution in [3.63, 3.8) is 0 Å². The third-order valence-corrected chi connectivity index (χ3v) is 2.80. The number of rotatable bonds is 3. The molecule has 0 spiro atoms. The van der Waals surface area contributed by atoms with E-state index in [9.17, 15) is 4.79 Å². The maximum atomic E-state index is 11.4. The molecule has 0 unspecified atom stereocenters. The van der Waals surface area contributed by atoms with Crippen molar-refractivity contribution in [2.45, 2.75) is 26.7 Å². The van der Waals surface area contributed by atoms with Crippen molar-refractivity contribution in [3.8, 4) is 0 Å². The molecule has 1 heterocycles. The summed E-state index contributed by atoms with van der Waals surface area (Å²) in [6.45, 7) is 7.09. The van der Waals surface area contributed by atoms with E-state index in [1.165, 1.54) is 12.7 Å². The van der Waals surface area contributed by atoms with E-state index in [4.69, 9.17) is 4.74 Å². The van der Waals surface area contributed by atoms with Gasteiger partial charge in [-0.2, -0.15) is 0 Å². The van der Waals surface area contributed by atoms with E-state index in [-0.39, 0.29) is 11.9 Å². The van der Waals surface area contributed by atoms with Gasteiger partial charge in [-0.3, -0.25) is 9.69 Å². The molecular weight excluding hydrogens is 190 g/mol. The molecule has 0 aliphatic carbocycles. The second-order valence-electron chi connectivity index (χ2n) is 4.40. The summed E-state index contributed by atoms with van der Waals surface area (Å²) in [7, 11) is 1.47. The number of likely N-dealkylation sites (tertiary alicyclic amines) is 1. The minimum absolute atomic E-state index is 0.0584. The lowest BCUT2D eigenvalue weighted by Crippen LogP contribution is -2.39. The maximum Gasteiger partial charge on any atom is 0.309 e. The number of ether oxygens (including phenoxy) is 1. The van der Waals surface area contributed by atoms with Gasteiger partial charge in [0.15, 0.2) is 0 Å². The topological polar surface area (TPSA) is 29.5 Å². The molecule has 1 saturated heterocycles. The number of esters is 1. The van der Waals surface area contributed by atoms with Crippen molar-refractivity contribution in [2.75, 3.05) is 26.7 Å². The lowest BCUT2D eigenvalue weighted by atomic mass is 9.98. The summed E-state index contributed by atoms with van der Waals surface area (Å²) in [5.74, 6) is 0.0196. The average Bonchev–Trinajstić information content (AvgIpc) is 2.25. The van der Waals surface area contributed by atoms with E-state index < -0.39 is 0 Å². The van der Waals surface area contributed by atoms with Crippen LogP contribution in [0.4, 0.5) is 0 Å². The van der Waals surface area contributed by atoms with Gasteiger partial charge in [-0.25, -0.2) is 0 Å². The van der Waals surface area contributed by atoms with Gasteiger partial charge < -0.3 is 4.74 Å². The molecule has 86 valence electrons. The Morgan fingerprint density at radius 2 is 2.27 bits per heavy atom. The van der Waals surface area contributed by atoms with Crippen molar-refractivity contribution in [1.82, 2.24) is 4.90 Å². The highest BCUT2D eigenvalue weighted by Crippen LogP contribution is 2.17. The number of hydrogen-bond donors (Lipinski definition) is 0. The molecule has 1 aliphatic heterocycles. The quantitative estimate of drug-likeness (QED) is 0.527. The van der Waals surface area contributed by atoms with Crippen molar-refractivity contribution in [2.24, 2.45) is 5.92 Å². The number of carbonyl (C=O) groups excluding carboxylic acids is 1. The van der Waals surface area contributed by atoms with Gasteiger partial charge in [0.05, 0.1) is 13.0 Å². The van der Waals surface area contributed by atoms with Crippen LogP contribution < -0.4 is 0 Å². The molecule has 0 radical (unpaired) electrons. The van der Waals surface area contributed by atoms with Crippen LogP contribution in [-0.2, 0) is 9.53 Å². The molecule has 15 heavy (non-hydrogen) atoms. The Hall–Kier alpha value is -0.830. The number of hydrogen-bond acceptors (Lipinski definition) is 3. The van der Waals surface area contributed by atoms with Crippen LogP contribution in [0, 0.1) is 5.92 Å². The van der Waals surface area contributed by atoms with Gasteiger partial charge >= 0.3 is 5.97 Å². The zero-order valence-corrected chi connectivity index (χ0v) is 9.95. The largest absolute Gasteiger partial charge is 0.469 e. The summed E-state index contributed by atoms with van der Waals surface area (Å²) in [5.41, 5.74) is 1.33. The van der Waals surface area contributed by atoms with E-state index in [0.29, 0.717) is 0 Å². The zero-order chi connectivity index (χ0) is 11.3. The molecule has 1 rings (SSSR count). The average molecular weight is 211 g/mol. The zero-order valence-electron chi connectivity index (χ0n) is 9.95. The molecule has 3 heteroatoms. The first-order valence-electron chi connectivity index (χ1n) is 5.57. The van der Waals surface area contributed by atoms with Crippen molar-refractivity contribution < 1.29 is 9.53 Å². The minimum atomic E-state index is -0.0584. The second kappa shape index (κ2) is 5.91. The van der Waals surface area contributed by atoms with Crippen LogP contribution in [0.1, 0.15) is 26.7 Å². The number of methoxy groups -OCH3 is 1. The minimum Gasteiger partial charge on any atom is -0.469 e. The molecule has 0 amide bonds. The van der Waals surface area contributed by atoms with Crippen molar-refractivity contribution in [1.29, 1.82) is 0 Å². The van der Waals surface area contributed by atoms with Gasteiger partial charge in [0.25, 0.3) is 0 Å². The lowest BCUT2D eigenvalue weighted by Gasteiger charge is -2.30. The highest BCUT2D eigenvalue weighted by Gasteiger charge is 2.25. The molecule has 0 aromatic heterocycles. The van der Waals surface area contributed by atoms with Crippen LogP contribution in [0.2, 0.25) is 0 Å². The van der Waals surface area contributed by atoms with Gasteiger partial charge in [0.2, 0.25) is 0 Å². The first-order chi connectivity index (χ1) is 7.13. The van der Waals surface area contributed by atoms with Gasteiger partial charge in [-0.05, 0) is 33.2 Å². The Morgan fingerprint density at radius 3 is 2.87 bits per heavy atom. The SMILES string of the molecule is COC(=O)[C@H]1CCCN(CC=C(C)C)C1. The molecule has 3 nitrogen and oxygen atoms in total. The van der Waals surface area contributed by atoms with E-state index in [0.717, 1.165) is 32.5 Å². The van der Waals surface area contributed by atoms with Gasteiger partial charge in [0, 0.05) is 13.1 Å². The Balaban J connectivity index is 2.42. The highest BCUT2D eigenvalue weighted by atomic mass is 16.5. The smallest absolute Gasteiger partial charge is 0.309 e. The molecule has 1 aliphatic rings. The van der Waals surface area contributed by atoms with Crippen molar-refractivity contribution in [3.05, 3.63) is 11.6 Å². The molecule has 0 aromatic rings. The maximum absolute atomic E-state index is 11.4. The second-order valence-corrected chi connectivity index (χ2v) is 4.40. The van der Waals surface area contributed by atoms with E-state index in [2.05, 4.69) is 24.8 Å². The van der Waals surface area contributed by atoms with Crippen molar-refractivity contribution >= 4 is 5.97 Å². The summed E-state index contributed by atoms with van der Waals surface area (Å²) in [6.07, 6.45) is 4.27.